The van der Waals surface area contributed by atoms with Gasteiger partial charge in [-0.1, -0.05) is 51.4 Å². The average Bonchev–Trinajstić information content (AvgIpc) is 2.13. The van der Waals surface area contributed by atoms with E-state index in [0.29, 0.717) is 10.8 Å². The van der Waals surface area contributed by atoms with Gasteiger partial charge in [-0.25, -0.2) is 0 Å². The number of rotatable bonds is 0. The maximum atomic E-state index is 2.39. The molecular weight excluding hydrogens is 179 g/mol. The summed E-state index contributed by atoms with van der Waals surface area (Å²) in [5.41, 5.74) is 5.23. The topological polar surface area (TPSA) is 0 Å². The fourth-order valence-corrected chi connectivity index (χ4v) is 2.70. The Labute approximate surface area is 94.5 Å². The number of hydrogen-bond acceptors (Lipinski definition) is 0. The van der Waals surface area contributed by atoms with E-state index in [1.807, 2.05) is 0 Å². The molecular formula is C14H21B. The third kappa shape index (κ3) is 1.73. The predicted molar refractivity (Wildman–Crippen MR) is 69.9 cm³/mol. The fraction of sp³-hybridized carbons (Fsp3) is 0.571. The lowest BCUT2D eigenvalue weighted by Crippen LogP contribution is -2.34. The van der Waals surface area contributed by atoms with E-state index in [1.165, 1.54) is 18.3 Å². The molecule has 80 valence electrons. The minimum absolute atomic E-state index is 0.358. The van der Waals surface area contributed by atoms with Crippen LogP contribution in [0.1, 0.15) is 51.7 Å². The predicted octanol–water partition coefficient (Wildman–Crippen LogP) is 2.29. The summed E-state index contributed by atoms with van der Waals surface area (Å²) in [6.45, 7) is 9.49. The van der Waals surface area contributed by atoms with E-state index in [4.69, 9.17) is 0 Å². The second-order valence-corrected chi connectivity index (χ2v) is 6.32. The van der Waals surface area contributed by atoms with Gasteiger partial charge in [0.15, 0.2) is 0 Å². The summed E-state index contributed by atoms with van der Waals surface area (Å²) in [5, 5.41) is 0. The molecule has 0 aliphatic heterocycles. The van der Waals surface area contributed by atoms with Crippen molar-refractivity contribution in [3.8, 4) is 0 Å². The molecule has 0 aromatic heterocycles. The summed E-state index contributed by atoms with van der Waals surface area (Å²) in [6.07, 6.45) is 2.60. The van der Waals surface area contributed by atoms with E-state index in [9.17, 15) is 0 Å². The average molecular weight is 200 g/mol. The van der Waals surface area contributed by atoms with Crippen LogP contribution in [0.25, 0.3) is 0 Å². The van der Waals surface area contributed by atoms with Crippen molar-refractivity contribution in [2.45, 2.75) is 51.4 Å². The Balaban J connectivity index is 2.64. The van der Waals surface area contributed by atoms with Crippen molar-refractivity contribution in [1.29, 1.82) is 0 Å². The Bertz CT molecular complexity index is 388. The Hall–Kier alpha value is -0.715. The first kappa shape index (κ1) is 10.8. The van der Waals surface area contributed by atoms with Crippen LogP contribution in [-0.2, 0) is 10.8 Å². The normalized spacial score (nSPS) is 22.1. The van der Waals surface area contributed by atoms with E-state index in [1.54, 1.807) is 11.1 Å². The van der Waals surface area contributed by atoms with Gasteiger partial charge in [-0.05, 0) is 34.8 Å². The molecule has 0 fully saturated rings. The summed E-state index contributed by atoms with van der Waals surface area (Å²) >= 11 is 0. The first-order valence-corrected chi connectivity index (χ1v) is 5.95. The molecule has 0 atom stereocenters. The first-order valence-electron chi connectivity index (χ1n) is 5.95. The summed E-state index contributed by atoms with van der Waals surface area (Å²) in [6, 6.07) is 6.98. The molecule has 0 bridgehead atoms. The molecule has 0 spiro atoms. The maximum Gasteiger partial charge on any atom is 0.139 e. The molecule has 1 aliphatic carbocycles. The fourth-order valence-electron chi connectivity index (χ4n) is 2.70. The van der Waals surface area contributed by atoms with E-state index in [2.05, 4.69) is 53.7 Å². The smallest absolute Gasteiger partial charge is 0.0887 e. The van der Waals surface area contributed by atoms with Gasteiger partial charge in [0.05, 0.1) is 0 Å². The van der Waals surface area contributed by atoms with Crippen molar-refractivity contribution in [2.75, 3.05) is 0 Å². The van der Waals surface area contributed by atoms with Crippen molar-refractivity contribution < 1.29 is 0 Å². The van der Waals surface area contributed by atoms with Crippen LogP contribution >= 0.6 is 0 Å². The Morgan fingerprint density at radius 1 is 0.933 bits per heavy atom. The summed E-state index contributed by atoms with van der Waals surface area (Å²) in [4.78, 5) is 0. The van der Waals surface area contributed by atoms with Crippen LogP contribution in [0.3, 0.4) is 0 Å². The second kappa shape index (κ2) is 3.14. The lowest BCUT2D eigenvalue weighted by Gasteiger charge is -2.42. The highest BCUT2D eigenvalue weighted by Gasteiger charge is 2.36. The molecule has 0 saturated heterocycles. The van der Waals surface area contributed by atoms with Crippen LogP contribution in [0.4, 0.5) is 0 Å². The highest BCUT2D eigenvalue weighted by atomic mass is 14.4. The largest absolute Gasteiger partial charge is 0.139 e. The number of benzene rings is 1. The maximum absolute atomic E-state index is 2.39. The van der Waals surface area contributed by atoms with Crippen LogP contribution in [-0.4, -0.2) is 7.85 Å². The molecule has 15 heavy (non-hydrogen) atoms. The van der Waals surface area contributed by atoms with E-state index in [0.717, 1.165) is 0 Å². The zero-order valence-electron chi connectivity index (χ0n) is 10.6. The van der Waals surface area contributed by atoms with Crippen LogP contribution in [0.2, 0.25) is 0 Å². The van der Waals surface area contributed by atoms with Gasteiger partial charge in [0, 0.05) is 0 Å². The SMILES string of the molecule is Bc1ccc2c(c1)C(C)(C)CCC2(C)C. The van der Waals surface area contributed by atoms with Gasteiger partial charge in [-0.2, -0.15) is 0 Å². The number of fused-ring (bicyclic) bond motifs is 1. The highest BCUT2D eigenvalue weighted by molar-refractivity contribution is 6.32. The standard InChI is InChI=1S/C14H21B/c1-13(2)7-8-14(3,4)12-9-10(15)5-6-11(12)13/h5-6,9H,7-8,15H2,1-4H3. The summed E-state index contributed by atoms with van der Waals surface area (Å²) in [5.74, 6) is 0. The zero-order valence-corrected chi connectivity index (χ0v) is 10.6. The molecule has 0 amide bonds. The molecule has 0 nitrogen and oxygen atoms in total. The third-order valence-corrected chi connectivity index (χ3v) is 4.01. The number of hydrogen-bond donors (Lipinski definition) is 0. The van der Waals surface area contributed by atoms with Crippen LogP contribution in [0.15, 0.2) is 18.2 Å². The van der Waals surface area contributed by atoms with Gasteiger partial charge < -0.3 is 0 Å². The van der Waals surface area contributed by atoms with Gasteiger partial charge in [-0.15, -0.1) is 0 Å². The Morgan fingerprint density at radius 3 is 2.07 bits per heavy atom. The van der Waals surface area contributed by atoms with Gasteiger partial charge in [0.2, 0.25) is 0 Å². The van der Waals surface area contributed by atoms with Crippen LogP contribution < -0.4 is 5.46 Å². The van der Waals surface area contributed by atoms with Gasteiger partial charge in [-0.3, -0.25) is 0 Å². The third-order valence-electron chi connectivity index (χ3n) is 4.01. The van der Waals surface area contributed by atoms with Crippen molar-refractivity contribution in [1.82, 2.24) is 0 Å². The minimum atomic E-state index is 0.358. The molecule has 2 rings (SSSR count). The van der Waals surface area contributed by atoms with Crippen molar-refractivity contribution in [3.05, 3.63) is 29.3 Å². The lowest BCUT2D eigenvalue weighted by atomic mass is 9.62. The Kier molecular flexibility index (Phi) is 2.26. The molecule has 1 aromatic carbocycles. The second-order valence-electron chi connectivity index (χ2n) is 6.32. The van der Waals surface area contributed by atoms with E-state index in [-0.39, 0.29) is 0 Å². The van der Waals surface area contributed by atoms with E-state index < -0.39 is 0 Å². The molecule has 1 aromatic rings. The van der Waals surface area contributed by atoms with Crippen molar-refractivity contribution >= 4 is 13.3 Å². The zero-order chi connectivity index (χ0) is 11.3. The van der Waals surface area contributed by atoms with Gasteiger partial charge in [0.25, 0.3) is 0 Å². The van der Waals surface area contributed by atoms with Gasteiger partial charge in [0.1, 0.15) is 7.85 Å². The minimum Gasteiger partial charge on any atom is -0.0887 e. The molecule has 0 saturated carbocycles. The quantitative estimate of drug-likeness (QED) is 0.563. The monoisotopic (exact) mass is 200 g/mol. The van der Waals surface area contributed by atoms with Crippen molar-refractivity contribution in [2.24, 2.45) is 0 Å². The molecule has 1 heteroatoms. The van der Waals surface area contributed by atoms with Crippen LogP contribution in [0.5, 0.6) is 0 Å². The molecule has 0 N–H and O–H groups in total. The van der Waals surface area contributed by atoms with Crippen molar-refractivity contribution in [3.63, 3.8) is 0 Å². The van der Waals surface area contributed by atoms with E-state index >= 15 is 0 Å². The molecule has 0 radical (unpaired) electrons. The summed E-state index contributed by atoms with van der Waals surface area (Å²) < 4.78 is 0. The molecule has 0 unspecified atom stereocenters. The lowest BCUT2D eigenvalue weighted by molar-refractivity contribution is 0.332. The summed E-state index contributed by atoms with van der Waals surface area (Å²) in [7, 11) is 2.19. The van der Waals surface area contributed by atoms with Crippen LogP contribution in [0, 0.1) is 0 Å². The molecule has 0 heterocycles. The Morgan fingerprint density at radius 2 is 1.47 bits per heavy atom. The first-order chi connectivity index (χ1) is 6.83. The highest BCUT2D eigenvalue weighted by Crippen LogP contribution is 2.44. The van der Waals surface area contributed by atoms with Gasteiger partial charge >= 0.3 is 0 Å². The molecule has 1 aliphatic rings.